The highest BCUT2D eigenvalue weighted by Crippen LogP contribution is 2.39. The van der Waals surface area contributed by atoms with E-state index in [9.17, 15) is 4.79 Å². The normalized spacial score (nSPS) is 22.7. The molecular weight excluding hydrogens is 390 g/mol. The molecule has 3 aromatic heterocycles. The molecule has 8 heteroatoms. The smallest absolute Gasteiger partial charge is 0.233 e. The first kappa shape index (κ1) is 18.4. The molecule has 5 rings (SSSR count). The number of amides is 1. The predicted molar refractivity (Wildman–Crippen MR) is 113 cm³/mol. The Kier molecular flexibility index (Phi) is 4.79. The van der Waals surface area contributed by atoms with Gasteiger partial charge < -0.3 is 4.90 Å². The molecule has 6 nitrogen and oxygen atoms in total. The molecule has 28 heavy (non-hydrogen) atoms. The molecule has 2 atom stereocenters. The minimum atomic E-state index is 0.198. The molecule has 1 aliphatic carbocycles. The third kappa shape index (κ3) is 3.20. The molecule has 0 unspecified atom stereocenters. The van der Waals surface area contributed by atoms with Crippen molar-refractivity contribution in [3.05, 3.63) is 16.8 Å². The number of carbonyl (C=O) groups is 1. The quantitative estimate of drug-likeness (QED) is 0.609. The van der Waals surface area contributed by atoms with Crippen molar-refractivity contribution < 1.29 is 4.79 Å². The monoisotopic (exact) mass is 415 g/mol. The first-order valence-electron chi connectivity index (χ1n) is 10.1. The third-order valence-corrected chi connectivity index (χ3v) is 8.10. The summed E-state index contributed by atoms with van der Waals surface area (Å²) in [5.41, 5.74) is 2.30. The van der Waals surface area contributed by atoms with E-state index in [2.05, 4.69) is 24.0 Å². The van der Waals surface area contributed by atoms with Crippen LogP contribution in [-0.2, 0) is 17.6 Å². The van der Waals surface area contributed by atoms with Gasteiger partial charge in [0.1, 0.15) is 11.2 Å². The number of aryl methyl sites for hydroxylation is 1. The topological polar surface area (TPSA) is 63.4 Å². The Labute approximate surface area is 172 Å². The lowest BCUT2D eigenvalue weighted by Gasteiger charge is -2.30. The maximum absolute atomic E-state index is 12.6. The molecule has 2 aliphatic rings. The van der Waals surface area contributed by atoms with Crippen LogP contribution in [0.25, 0.3) is 15.9 Å². The minimum Gasteiger partial charge on any atom is -0.342 e. The summed E-state index contributed by atoms with van der Waals surface area (Å²) in [5, 5.41) is 10.8. The van der Waals surface area contributed by atoms with E-state index < -0.39 is 0 Å². The largest absolute Gasteiger partial charge is 0.342 e. The van der Waals surface area contributed by atoms with Crippen molar-refractivity contribution in [2.75, 3.05) is 18.8 Å². The fourth-order valence-corrected chi connectivity index (χ4v) is 6.60. The van der Waals surface area contributed by atoms with Crippen molar-refractivity contribution in [2.45, 2.75) is 51.1 Å². The number of piperidine rings is 1. The molecule has 3 aromatic rings. The number of aromatic nitrogens is 4. The number of thioether (sulfide) groups is 1. The summed E-state index contributed by atoms with van der Waals surface area (Å²) in [6.07, 6.45) is 7.60. The zero-order chi connectivity index (χ0) is 19.3. The molecule has 0 radical (unpaired) electrons. The molecule has 1 aliphatic heterocycles. The lowest BCUT2D eigenvalue weighted by atomic mass is 9.89. The van der Waals surface area contributed by atoms with Gasteiger partial charge in [0.2, 0.25) is 5.91 Å². The number of likely N-dealkylation sites (tertiary alicyclic amines) is 1. The van der Waals surface area contributed by atoms with Gasteiger partial charge in [-0.15, -0.1) is 21.5 Å². The van der Waals surface area contributed by atoms with Gasteiger partial charge in [0.25, 0.3) is 0 Å². The molecule has 4 heterocycles. The summed E-state index contributed by atoms with van der Waals surface area (Å²) in [6.45, 7) is 6.30. The molecule has 1 fully saturated rings. The highest BCUT2D eigenvalue weighted by molar-refractivity contribution is 7.99. The maximum atomic E-state index is 12.6. The molecule has 148 valence electrons. The van der Waals surface area contributed by atoms with Gasteiger partial charge in [-0.05, 0) is 49.5 Å². The highest BCUT2D eigenvalue weighted by Gasteiger charge is 2.25. The van der Waals surface area contributed by atoms with Crippen LogP contribution >= 0.6 is 23.1 Å². The first-order valence-corrected chi connectivity index (χ1v) is 11.9. The van der Waals surface area contributed by atoms with Gasteiger partial charge in [0.15, 0.2) is 10.8 Å². The number of hydrogen-bond donors (Lipinski definition) is 0. The standard InChI is InChI=1S/C20H25N5OS2/c1-12-5-6-14-15(8-12)28-19-17(14)18-22-23-20(25(18)11-21-19)27-10-16(26)24-7-3-4-13(2)9-24/h11-13H,3-10H2,1-2H3/t12-,13-/m0/s1. The maximum Gasteiger partial charge on any atom is 0.233 e. The van der Waals surface area contributed by atoms with E-state index >= 15 is 0 Å². The summed E-state index contributed by atoms with van der Waals surface area (Å²) in [4.78, 5) is 21.8. The number of rotatable bonds is 3. The number of carbonyl (C=O) groups excluding carboxylic acids is 1. The summed E-state index contributed by atoms with van der Waals surface area (Å²) in [5.74, 6) is 1.94. The lowest BCUT2D eigenvalue weighted by molar-refractivity contribution is -0.130. The van der Waals surface area contributed by atoms with Crippen LogP contribution < -0.4 is 0 Å². The van der Waals surface area contributed by atoms with E-state index in [4.69, 9.17) is 4.98 Å². The molecule has 0 bridgehead atoms. The van der Waals surface area contributed by atoms with Crippen molar-refractivity contribution in [3.63, 3.8) is 0 Å². The zero-order valence-electron chi connectivity index (χ0n) is 16.3. The third-order valence-electron chi connectivity index (χ3n) is 6.01. The number of nitrogens with zero attached hydrogens (tertiary/aromatic N) is 5. The van der Waals surface area contributed by atoms with E-state index in [0.29, 0.717) is 11.7 Å². The van der Waals surface area contributed by atoms with E-state index in [0.717, 1.165) is 53.9 Å². The molecule has 1 saturated heterocycles. The number of thiophene rings is 1. The van der Waals surface area contributed by atoms with E-state index in [1.165, 1.54) is 40.4 Å². The van der Waals surface area contributed by atoms with Crippen LogP contribution in [0.4, 0.5) is 0 Å². The highest BCUT2D eigenvalue weighted by atomic mass is 32.2. The SMILES string of the molecule is C[C@H]1CCc2c(sc3ncn4c(SCC(=O)N5CCC[C@H](C)C5)nnc4c23)C1. The van der Waals surface area contributed by atoms with Crippen molar-refractivity contribution in [2.24, 2.45) is 11.8 Å². The van der Waals surface area contributed by atoms with Crippen LogP contribution in [0.2, 0.25) is 0 Å². The van der Waals surface area contributed by atoms with Gasteiger partial charge in [0.05, 0.1) is 11.1 Å². The second-order valence-electron chi connectivity index (χ2n) is 8.33. The van der Waals surface area contributed by atoms with Crippen LogP contribution in [-0.4, -0.2) is 49.2 Å². The van der Waals surface area contributed by atoms with E-state index in [1.54, 1.807) is 11.3 Å². The fourth-order valence-electron chi connectivity index (χ4n) is 4.45. The Hall–Kier alpha value is -1.67. The van der Waals surface area contributed by atoms with Crippen LogP contribution in [0, 0.1) is 11.8 Å². The van der Waals surface area contributed by atoms with Gasteiger partial charge in [0, 0.05) is 18.0 Å². The minimum absolute atomic E-state index is 0.198. The molecule has 0 aromatic carbocycles. The lowest BCUT2D eigenvalue weighted by Crippen LogP contribution is -2.40. The first-order chi connectivity index (χ1) is 13.6. The second kappa shape index (κ2) is 7.30. The van der Waals surface area contributed by atoms with Gasteiger partial charge in [-0.2, -0.15) is 0 Å². The molecule has 0 spiro atoms. The van der Waals surface area contributed by atoms with Gasteiger partial charge in [-0.3, -0.25) is 9.20 Å². The number of fused-ring (bicyclic) bond motifs is 5. The van der Waals surface area contributed by atoms with Gasteiger partial charge in [-0.25, -0.2) is 4.98 Å². The molecule has 0 N–H and O–H groups in total. The van der Waals surface area contributed by atoms with E-state index in [1.807, 2.05) is 15.6 Å². The molecule has 1 amide bonds. The Morgan fingerprint density at radius 1 is 1.29 bits per heavy atom. The summed E-state index contributed by atoms with van der Waals surface area (Å²) in [7, 11) is 0. The Morgan fingerprint density at radius 3 is 3.04 bits per heavy atom. The fraction of sp³-hybridized carbons (Fsp3) is 0.600. The van der Waals surface area contributed by atoms with E-state index in [-0.39, 0.29) is 5.91 Å². The second-order valence-corrected chi connectivity index (χ2v) is 10.4. The summed E-state index contributed by atoms with van der Waals surface area (Å²) in [6, 6.07) is 0. The van der Waals surface area contributed by atoms with Gasteiger partial charge in [-0.1, -0.05) is 25.6 Å². The Bertz CT molecular complexity index is 1040. The zero-order valence-corrected chi connectivity index (χ0v) is 18.0. The Morgan fingerprint density at radius 2 is 2.18 bits per heavy atom. The average Bonchev–Trinajstić information content (AvgIpc) is 3.26. The summed E-state index contributed by atoms with van der Waals surface area (Å²) >= 11 is 3.28. The van der Waals surface area contributed by atoms with Crippen LogP contribution in [0.3, 0.4) is 0 Å². The van der Waals surface area contributed by atoms with Gasteiger partial charge >= 0.3 is 0 Å². The van der Waals surface area contributed by atoms with Crippen LogP contribution in [0.1, 0.15) is 43.6 Å². The van der Waals surface area contributed by atoms with Crippen molar-refractivity contribution in [1.29, 1.82) is 0 Å². The summed E-state index contributed by atoms with van der Waals surface area (Å²) < 4.78 is 1.96. The van der Waals surface area contributed by atoms with Crippen LogP contribution in [0.5, 0.6) is 0 Å². The Balaban J connectivity index is 1.40. The predicted octanol–water partition coefficient (Wildman–Crippen LogP) is 3.81. The van der Waals surface area contributed by atoms with Crippen molar-refractivity contribution in [1.82, 2.24) is 24.5 Å². The number of hydrogen-bond acceptors (Lipinski definition) is 6. The molecule has 0 saturated carbocycles. The molecular formula is C20H25N5OS2. The average molecular weight is 416 g/mol. The van der Waals surface area contributed by atoms with Crippen LogP contribution in [0.15, 0.2) is 11.5 Å². The van der Waals surface area contributed by atoms with Crippen molar-refractivity contribution >= 4 is 44.9 Å². The van der Waals surface area contributed by atoms with Crippen molar-refractivity contribution in [3.8, 4) is 0 Å².